The first-order chi connectivity index (χ1) is 8.22. The van der Waals surface area contributed by atoms with Crippen LogP contribution in [0.2, 0.25) is 0 Å². The molecule has 0 saturated heterocycles. The molecule has 0 spiro atoms. The lowest BCUT2D eigenvalue weighted by atomic mass is 9.88. The van der Waals surface area contributed by atoms with Gasteiger partial charge >= 0.3 is 0 Å². The number of rotatable bonds is 12. The van der Waals surface area contributed by atoms with Gasteiger partial charge in [0, 0.05) is 0 Å². The summed E-state index contributed by atoms with van der Waals surface area (Å²) < 4.78 is 0. The molecule has 2 unspecified atom stereocenters. The molecule has 0 aliphatic carbocycles. The lowest BCUT2D eigenvalue weighted by Gasteiger charge is -2.18. The molecule has 0 amide bonds. The van der Waals surface area contributed by atoms with Crippen LogP contribution >= 0.6 is 0 Å². The Balaban J connectivity index is 3.17. The van der Waals surface area contributed by atoms with Gasteiger partial charge in [0.25, 0.3) is 0 Å². The summed E-state index contributed by atoms with van der Waals surface area (Å²) in [5.74, 6) is 1.49. The van der Waals surface area contributed by atoms with E-state index in [9.17, 15) is 0 Å². The highest BCUT2D eigenvalue weighted by atomic mass is 14.2. The molecule has 0 heteroatoms. The predicted octanol–water partition coefficient (Wildman–Crippen LogP) is 6.40. The lowest BCUT2D eigenvalue weighted by molar-refractivity contribution is 0.360. The smallest absolute Gasteiger partial charge is 0.0391 e. The molecule has 0 fully saturated rings. The first-order valence-corrected chi connectivity index (χ1v) is 8.05. The zero-order valence-corrected chi connectivity index (χ0v) is 12.6. The summed E-state index contributed by atoms with van der Waals surface area (Å²) in [7, 11) is 0. The van der Waals surface area contributed by atoms with Crippen molar-refractivity contribution in [3.8, 4) is 0 Å². The van der Waals surface area contributed by atoms with Gasteiger partial charge in [0.1, 0.15) is 0 Å². The van der Waals surface area contributed by atoms with Crippen LogP contribution in [0.3, 0.4) is 0 Å². The van der Waals surface area contributed by atoms with Crippen molar-refractivity contribution in [3.05, 3.63) is 6.92 Å². The van der Waals surface area contributed by atoms with Gasteiger partial charge in [-0.1, -0.05) is 98.3 Å². The Bertz CT molecular complexity index is 137. The molecule has 0 aromatic heterocycles. The van der Waals surface area contributed by atoms with Crippen LogP contribution < -0.4 is 0 Å². The van der Waals surface area contributed by atoms with Crippen LogP contribution in [0.1, 0.15) is 91.4 Å². The molecule has 0 N–H and O–H groups in total. The van der Waals surface area contributed by atoms with Crippen molar-refractivity contribution >= 4 is 0 Å². The average Bonchev–Trinajstić information content (AvgIpc) is 2.31. The molecule has 0 rings (SSSR count). The molecular weight excluding hydrogens is 204 g/mol. The largest absolute Gasteiger partial charge is 0.0654 e. The monoisotopic (exact) mass is 239 g/mol. The Hall–Kier alpha value is 0. The third-order valence-electron chi connectivity index (χ3n) is 4.01. The van der Waals surface area contributed by atoms with Crippen LogP contribution in [-0.4, -0.2) is 0 Å². The second kappa shape index (κ2) is 12.5. The highest BCUT2D eigenvalue weighted by molar-refractivity contribution is 4.66. The molecule has 0 saturated carbocycles. The Morgan fingerprint density at radius 1 is 0.765 bits per heavy atom. The topological polar surface area (TPSA) is 0 Å². The summed E-state index contributed by atoms with van der Waals surface area (Å²) in [5.41, 5.74) is 0. The van der Waals surface area contributed by atoms with Crippen LogP contribution in [0, 0.1) is 18.8 Å². The summed E-state index contributed by atoms with van der Waals surface area (Å²) in [6.07, 6.45) is 15.6. The SMILES string of the molecule is [CH2]C(C)C(CC)CCCCCCCCCCC. The fraction of sp³-hybridized carbons (Fsp3) is 0.941. The van der Waals surface area contributed by atoms with Gasteiger partial charge in [-0.15, -0.1) is 0 Å². The molecule has 0 heterocycles. The fourth-order valence-corrected chi connectivity index (χ4v) is 2.61. The Kier molecular flexibility index (Phi) is 12.5. The van der Waals surface area contributed by atoms with Gasteiger partial charge in [-0.05, 0) is 11.8 Å². The minimum absolute atomic E-state index is 0.633. The van der Waals surface area contributed by atoms with Gasteiger partial charge in [-0.25, -0.2) is 0 Å². The van der Waals surface area contributed by atoms with E-state index in [0.717, 1.165) is 5.92 Å². The maximum atomic E-state index is 4.17. The minimum Gasteiger partial charge on any atom is -0.0654 e. The van der Waals surface area contributed by atoms with Crippen molar-refractivity contribution in [3.63, 3.8) is 0 Å². The average molecular weight is 239 g/mol. The van der Waals surface area contributed by atoms with Crippen molar-refractivity contribution in [1.29, 1.82) is 0 Å². The predicted molar refractivity (Wildman–Crippen MR) is 80.1 cm³/mol. The van der Waals surface area contributed by atoms with E-state index in [2.05, 4.69) is 27.7 Å². The van der Waals surface area contributed by atoms with Crippen molar-refractivity contribution in [1.82, 2.24) is 0 Å². The van der Waals surface area contributed by atoms with E-state index >= 15 is 0 Å². The van der Waals surface area contributed by atoms with Crippen LogP contribution in [0.4, 0.5) is 0 Å². The third-order valence-corrected chi connectivity index (χ3v) is 4.01. The van der Waals surface area contributed by atoms with Crippen molar-refractivity contribution in [2.45, 2.75) is 91.4 Å². The van der Waals surface area contributed by atoms with E-state index in [-0.39, 0.29) is 0 Å². The number of unbranched alkanes of at least 4 members (excludes halogenated alkanes) is 8. The Morgan fingerprint density at radius 2 is 1.24 bits per heavy atom. The zero-order chi connectivity index (χ0) is 12.9. The first kappa shape index (κ1) is 17.0. The van der Waals surface area contributed by atoms with Gasteiger partial charge in [-0.2, -0.15) is 0 Å². The standard InChI is InChI=1S/C17H35/c1-5-7-8-9-10-11-12-13-14-15-17(6-2)16(3)4/h16-17H,3,5-15H2,1-2,4H3. The van der Waals surface area contributed by atoms with Crippen LogP contribution in [0.25, 0.3) is 0 Å². The maximum absolute atomic E-state index is 4.17. The van der Waals surface area contributed by atoms with E-state index in [1.807, 2.05) is 0 Å². The lowest BCUT2D eigenvalue weighted by Crippen LogP contribution is -2.07. The second-order valence-corrected chi connectivity index (χ2v) is 5.76. The van der Waals surface area contributed by atoms with E-state index in [1.54, 1.807) is 0 Å². The van der Waals surface area contributed by atoms with Gasteiger partial charge < -0.3 is 0 Å². The van der Waals surface area contributed by atoms with E-state index in [1.165, 1.54) is 70.6 Å². The van der Waals surface area contributed by atoms with Crippen molar-refractivity contribution < 1.29 is 0 Å². The summed E-state index contributed by atoms with van der Waals surface area (Å²) in [5, 5.41) is 0. The molecule has 0 aliphatic rings. The molecule has 0 nitrogen and oxygen atoms in total. The quantitative estimate of drug-likeness (QED) is 0.345. The zero-order valence-electron chi connectivity index (χ0n) is 12.6. The van der Waals surface area contributed by atoms with E-state index < -0.39 is 0 Å². The number of hydrogen-bond acceptors (Lipinski definition) is 0. The normalized spacial score (nSPS) is 13.2. The van der Waals surface area contributed by atoms with Crippen LogP contribution in [0.5, 0.6) is 0 Å². The van der Waals surface area contributed by atoms with Crippen molar-refractivity contribution in [2.24, 2.45) is 11.8 Å². The van der Waals surface area contributed by atoms with Crippen LogP contribution in [0.15, 0.2) is 0 Å². The maximum Gasteiger partial charge on any atom is -0.0391 e. The summed E-state index contributed by atoms with van der Waals surface area (Å²) >= 11 is 0. The van der Waals surface area contributed by atoms with E-state index in [4.69, 9.17) is 0 Å². The number of hydrogen-bond donors (Lipinski definition) is 0. The minimum atomic E-state index is 0.633. The van der Waals surface area contributed by atoms with Gasteiger partial charge in [0.15, 0.2) is 0 Å². The molecule has 2 atom stereocenters. The summed E-state index contributed by atoms with van der Waals surface area (Å²) in [6.45, 7) is 11.0. The van der Waals surface area contributed by atoms with Crippen molar-refractivity contribution in [2.75, 3.05) is 0 Å². The fourth-order valence-electron chi connectivity index (χ4n) is 2.61. The summed E-state index contributed by atoms with van der Waals surface area (Å²) in [4.78, 5) is 0. The molecule has 103 valence electrons. The van der Waals surface area contributed by atoms with Crippen LogP contribution in [-0.2, 0) is 0 Å². The molecule has 0 aromatic rings. The third kappa shape index (κ3) is 10.9. The molecule has 0 bridgehead atoms. The molecular formula is C17H35. The Labute approximate surface area is 111 Å². The first-order valence-electron chi connectivity index (χ1n) is 8.05. The molecule has 0 aromatic carbocycles. The molecule has 17 heavy (non-hydrogen) atoms. The molecule has 1 radical (unpaired) electrons. The van der Waals surface area contributed by atoms with Gasteiger partial charge in [0.05, 0.1) is 0 Å². The second-order valence-electron chi connectivity index (χ2n) is 5.76. The highest BCUT2D eigenvalue weighted by Gasteiger charge is 2.09. The van der Waals surface area contributed by atoms with E-state index in [0.29, 0.717) is 5.92 Å². The molecule has 0 aliphatic heterocycles. The van der Waals surface area contributed by atoms with Gasteiger partial charge in [0.2, 0.25) is 0 Å². The van der Waals surface area contributed by atoms with Gasteiger partial charge in [-0.3, -0.25) is 0 Å². The summed E-state index contributed by atoms with van der Waals surface area (Å²) in [6, 6.07) is 0. The highest BCUT2D eigenvalue weighted by Crippen LogP contribution is 2.22. The Morgan fingerprint density at radius 3 is 1.65 bits per heavy atom.